The van der Waals surface area contributed by atoms with Crippen molar-refractivity contribution < 1.29 is 32.1 Å². The second-order valence-electron chi connectivity index (χ2n) is 8.04. The maximum Gasteiger partial charge on any atom is 0.353 e. The zero-order valence-corrected chi connectivity index (χ0v) is 20.9. The standard InChI is InChI=1S/C19H33BN2O7P2/c1-14(2)22(15(3)4)30(27-10-7-9-21)29-16-12-19(8-11-31(23,24-5)25-6)13-26-17(16)18(20)28-19/h8,11,14-18H,7,10,12-13H2,1-6H3/b11-8+/t16?,17-,18?,19-,30?/m1/s1. The van der Waals surface area contributed by atoms with Crippen LogP contribution in [0.1, 0.15) is 40.5 Å². The van der Waals surface area contributed by atoms with Crippen LogP contribution in [0.15, 0.2) is 11.9 Å². The number of fused-ring (bicyclic) bond motifs is 3. The van der Waals surface area contributed by atoms with Crippen LogP contribution < -0.4 is 0 Å². The zero-order valence-electron chi connectivity index (χ0n) is 19.1. The van der Waals surface area contributed by atoms with Gasteiger partial charge >= 0.3 is 7.60 Å². The Bertz CT molecular complexity index is 689. The van der Waals surface area contributed by atoms with E-state index in [9.17, 15) is 4.57 Å². The molecule has 0 aromatic rings. The van der Waals surface area contributed by atoms with E-state index >= 15 is 0 Å². The van der Waals surface area contributed by atoms with Crippen molar-refractivity contribution in [2.45, 2.75) is 76.4 Å². The first-order valence-corrected chi connectivity index (χ1v) is 13.1. The SMILES string of the molecule is [B]C1O[C@@]2(/C=C/P(=O)(OC)OC)CO[C@@H]1C(OP(OCCC#N)N(C(C)C)C(C)C)C2. The Balaban J connectivity index is 2.24. The molecule has 3 saturated heterocycles. The van der Waals surface area contributed by atoms with Gasteiger partial charge in [-0.05, 0) is 33.8 Å². The molecule has 9 nitrogen and oxygen atoms in total. The van der Waals surface area contributed by atoms with Crippen molar-refractivity contribution in [3.05, 3.63) is 11.9 Å². The van der Waals surface area contributed by atoms with Gasteiger partial charge in [-0.1, -0.05) is 0 Å². The highest BCUT2D eigenvalue weighted by molar-refractivity contribution is 7.57. The molecular weight excluding hydrogens is 441 g/mol. The molecule has 2 radical (unpaired) electrons. The summed E-state index contributed by atoms with van der Waals surface area (Å²) in [4.78, 5) is 0. The monoisotopic (exact) mass is 474 g/mol. The number of nitrogens with zero attached hydrogens (tertiary/aromatic N) is 2. The average Bonchev–Trinajstić information content (AvgIpc) is 2.72. The van der Waals surface area contributed by atoms with Crippen LogP contribution in [-0.4, -0.2) is 75.8 Å². The lowest BCUT2D eigenvalue weighted by molar-refractivity contribution is -0.258. The van der Waals surface area contributed by atoms with Gasteiger partial charge in [-0.25, -0.2) is 4.67 Å². The summed E-state index contributed by atoms with van der Waals surface area (Å²) in [5, 5.41) is 8.90. The zero-order chi connectivity index (χ0) is 23.2. The molecule has 0 aromatic carbocycles. The largest absolute Gasteiger partial charge is 0.372 e. The summed E-state index contributed by atoms with van der Waals surface area (Å²) in [7, 11) is 4.01. The fourth-order valence-corrected chi connectivity index (χ4v) is 6.25. The summed E-state index contributed by atoms with van der Waals surface area (Å²) in [6.45, 7) is 8.81. The van der Waals surface area contributed by atoms with E-state index in [4.69, 9.17) is 40.7 Å². The highest BCUT2D eigenvalue weighted by Gasteiger charge is 2.52. The van der Waals surface area contributed by atoms with Crippen LogP contribution in [0.5, 0.6) is 0 Å². The van der Waals surface area contributed by atoms with E-state index in [-0.39, 0.29) is 31.7 Å². The lowest BCUT2D eigenvalue weighted by Crippen LogP contribution is -2.63. The van der Waals surface area contributed by atoms with Gasteiger partial charge in [0.05, 0.1) is 31.8 Å². The van der Waals surface area contributed by atoms with Crippen LogP contribution in [0.3, 0.4) is 0 Å². The molecule has 5 atom stereocenters. The topological polar surface area (TPSA) is 99.5 Å². The van der Waals surface area contributed by atoms with Gasteiger partial charge in [0.15, 0.2) is 0 Å². The third kappa shape index (κ3) is 6.83. The van der Waals surface area contributed by atoms with Crippen molar-refractivity contribution in [1.29, 1.82) is 5.26 Å². The molecule has 0 aromatic heterocycles. The first-order chi connectivity index (χ1) is 14.6. The van der Waals surface area contributed by atoms with E-state index in [0.717, 1.165) is 0 Å². The third-order valence-electron chi connectivity index (χ3n) is 5.09. The Labute approximate surface area is 188 Å². The molecular formula is C19H33BN2O7P2. The maximum absolute atomic E-state index is 12.5. The van der Waals surface area contributed by atoms with E-state index in [0.29, 0.717) is 6.42 Å². The molecule has 0 saturated carbocycles. The van der Waals surface area contributed by atoms with Gasteiger partial charge in [-0.2, -0.15) is 5.26 Å². The highest BCUT2D eigenvalue weighted by Crippen LogP contribution is 2.53. The molecule has 3 unspecified atom stereocenters. The molecule has 0 aliphatic carbocycles. The quantitative estimate of drug-likeness (QED) is 0.238. The maximum atomic E-state index is 12.5. The minimum absolute atomic E-state index is 0.169. The van der Waals surface area contributed by atoms with Gasteiger partial charge in [0.1, 0.15) is 19.6 Å². The summed E-state index contributed by atoms with van der Waals surface area (Å²) < 4.78 is 48.9. The molecule has 31 heavy (non-hydrogen) atoms. The van der Waals surface area contributed by atoms with Crippen molar-refractivity contribution in [3.63, 3.8) is 0 Å². The Kier molecular flexibility index (Phi) is 10.2. The summed E-state index contributed by atoms with van der Waals surface area (Å²) in [5.74, 6) is 1.37. The minimum atomic E-state index is -3.37. The molecule has 12 heteroatoms. The second-order valence-corrected chi connectivity index (χ2v) is 11.6. The van der Waals surface area contributed by atoms with Crippen LogP contribution in [0.2, 0.25) is 0 Å². The fourth-order valence-electron chi connectivity index (χ4n) is 3.67. The molecule has 0 spiro atoms. The Morgan fingerprint density at radius 3 is 2.48 bits per heavy atom. The van der Waals surface area contributed by atoms with Crippen molar-refractivity contribution in [1.82, 2.24) is 4.67 Å². The predicted octanol–water partition coefficient (Wildman–Crippen LogP) is 3.70. The van der Waals surface area contributed by atoms with Gasteiger partial charge in [-0.15, -0.1) is 0 Å². The van der Waals surface area contributed by atoms with Crippen molar-refractivity contribution in [2.75, 3.05) is 27.4 Å². The van der Waals surface area contributed by atoms with Crippen LogP contribution in [0.4, 0.5) is 0 Å². The lowest BCUT2D eigenvalue weighted by atomic mass is 9.78. The molecule has 2 bridgehead atoms. The summed E-state index contributed by atoms with van der Waals surface area (Å²) in [6, 6.07) is 1.71. The fraction of sp³-hybridized carbons (Fsp3) is 0.842. The Hall–Kier alpha value is -0.325. The molecule has 3 rings (SSSR count). The van der Waals surface area contributed by atoms with Crippen molar-refractivity contribution >= 4 is 24.0 Å². The molecule has 3 heterocycles. The first kappa shape index (κ1) is 26.9. The van der Waals surface area contributed by atoms with Gasteiger partial charge in [0.25, 0.3) is 8.53 Å². The number of hydrogen-bond donors (Lipinski definition) is 0. The smallest absolute Gasteiger partial charge is 0.353 e. The van der Waals surface area contributed by atoms with E-state index in [1.54, 1.807) is 6.08 Å². The Morgan fingerprint density at radius 1 is 1.32 bits per heavy atom. The van der Waals surface area contributed by atoms with Gasteiger partial charge in [0, 0.05) is 44.5 Å². The number of hydrogen-bond acceptors (Lipinski definition) is 9. The van der Waals surface area contributed by atoms with E-state index in [1.165, 1.54) is 20.0 Å². The predicted molar refractivity (Wildman–Crippen MR) is 119 cm³/mol. The number of nitriles is 1. The van der Waals surface area contributed by atoms with Crippen LogP contribution in [0.25, 0.3) is 0 Å². The van der Waals surface area contributed by atoms with Gasteiger partial charge in [-0.3, -0.25) is 4.57 Å². The molecule has 3 aliphatic rings. The summed E-state index contributed by atoms with van der Waals surface area (Å²) in [6.07, 6.45) is 1.49. The molecule has 3 fully saturated rings. The second kappa shape index (κ2) is 11.7. The molecule has 3 aliphatic heterocycles. The van der Waals surface area contributed by atoms with Crippen LogP contribution in [0, 0.1) is 11.3 Å². The normalized spacial score (nSPS) is 29.9. The third-order valence-corrected chi connectivity index (χ3v) is 8.77. The first-order valence-electron chi connectivity index (χ1n) is 10.3. The molecule has 0 N–H and O–H groups in total. The van der Waals surface area contributed by atoms with E-state index in [2.05, 4.69) is 38.4 Å². The van der Waals surface area contributed by atoms with Gasteiger partial charge in [0.2, 0.25) is 0 Å². The highest BCUT2D eigenvalue weighted by atomic mass is 31.2. The summed E-state index contributed by atoms with van der Waals surface area (Å²) >= 11 is 0. The number of rotatable bonds is 12. The van der Waals surface area contributed by atoms with Gasteiger partial charge < -0.3 is 27.6 Å². The van der Waals surface area contributed by atoms with E-state index in [1.807, 2.05) is 0 Å². The van der Waals surface area contributed by atoms with E-state index < -0.39 is 39.9 Å². The lowest BCUT2D eigenvalue weighted by Gasteiger charge is -2.53. The average molecular weight is 474 g/mol. The minimum Gasteiger partial charge on any atom is -0.372 e. The van der Waals surface area contributed by atoms with Crippen molar-refractivity contribution in [3.8, 4) is 6.07 Å². The van der Waals surface area contributed by atoms with Crippen LogP contribution >= 0.6 is 16.1 Å². The number of ether oxygens (including phenoxy) is 2. The summed E-state index contributed by atoms with van der Waals surface area (Å²) in [5.41, 5.74) is -0.917. The van der Waals surface area contributed by atoms with Crippen molar-refractivity contribution in [2.24, 2.45) is 0 Å². The molecule has 0 amide bonds. The Morgan fingerprint density at radius 2 is 1.97 bits per heavy atom. The molecule has 174 valence electrons. The van der Waals surface area contributed by atoms with Crippen LogP contribution in [-0.2, 0) is 32.1 Å².